The summed E-state index contributed by atoms with van der Waals surface area (Å²) in [5.41, 5.74) is 3.47. The molecule has 3 rings (SSSR count). The average Bonchev–Trinajstić information content (AvgIpc) is 2.95. The number of rotatable bonds is 4. The zero-order valence-electron chi connectivity index (χ0n) is 11.1. The van der Waals surface area contributed by atoms with Gasteiger partial charge < -0.3 is 4.42 Å². The second-order valence-electron chi connectivity index (χ2n) is 4.52. The van der Waals surface area contributed by atoms with Crippen LogP contribution in [0.25, 0.3) is 11.5 Å². The van der Waals surface area contributed by atoms with Crippen molar-refractivity contribution in [2.75, 3.05) is 0 Å². The van der Waals surface area contributed by atoms with E-state index in [0.29, 0.717) is 11.1 Å². The van der Waals surface area contributed by atoms with Gasteiger partial charge in [-0.3, -0.25) is 0 Å². The molecule has 0 bridgehead atoms. The molecule has 2 aromatic carbocycles. The lowest BCUT2D eigenvalue weighted by Gasteiger charge is -1.99. The molecule has 0 radical (unpaired) electrons. The van der Waals surface area contributed by atoms with Crippen LogP contribution in [0.5, 0.6) is 0 Å². The molecule has 1 aromatic heterocycles. The summed E-state index contributed by atoms with van der Waals surface area (Å²) in [5, 5.41) is 8.76. The SMILES string of the molecule is Cc1cccc(CSc2nnc(-c3ccccc3)o2)c1. The van der Waals surface area contributed by atoms with Crippen molar-refractivity contribution in [1.82, 2.24) is 10.2 Å². The van der Waals surface area contributed by atoms with Gasteiger partial charge in [0, 0.05) is 11.3 Å². The van der Waals surface area contributed by atoms with Crippen LogP contribution < -0.4 is 0 Å². The van der Waals surface area contributed by atoms with Gasteiger partial charge in [0.1, 0.15) is 0 Å². The number of aromatic nitrogens is 2. The van der Waals surface area contributed by atoms with Gasteiger partial charge in [-0.25, -0.2) is 0 Å². The number of hydrogen-bond acceptors (Lipinski definition) is 4. The molecule has 20 heavy (non-hydrogen) atoms. The Morgan fingerprint density at radius 1 is 1.00 bits per heavy atom. The largest absolute Gasteiger partial charge is 0.411 e. The fraction of sp³-hybridized carbons (Fsp3) is 0.125. The monoisotopic (exact) mass is 282 g/mol. The Morgan fingerprint density at radius 3 is 2.65 bits per heavy atom. The molecule has 0 aliphatic carbocycles. The minimum Gasteiger partial charge on any atom is -0.411 e. The van der Waals surface area contributed by atoms with Crippen LogP contribution in [0.3, 0.4) is 0 Å². The third kappa shape index (κ3) is 3.08. The zero-order valence-corrected chi connectivity index (χ0v) is 11.9. The highest BCUT2D eigenvalue weighted by molar-refractivity contribution is 7.98. The summed E-state index contributed by atoms with van der Waals surface area (Å²) < 4.78 is 5.66. The number of benzene rings is 2. The van der Waals surface area contributed by atoms with Gasteiger partial charge in [-0.05, 0) is 24.6 Å². The Morgan fingerprint density at radius 2 is 1.85 bits per heavy atom. The Labute approximate surface area is 122 Å². The van der Waals surface area contributed by atoms with Gasteiger partial charge in [0.2, 0.25) is 5.89 Å². The second-order valence-corrected chi connectivity index (χ2v) is 5.44. The van der Waals surface area contributed by atoms with Gasteiger partial charge in [-0.2, -0.15) is 0 Å². The number of hydrogen-bond donors (Lipinski definition) is 0. The molecule has 0 aliphatic rings. The summed E-state index contributed by atoms with van der Waals surface area (Å²) in [6, 6.07) is 18.2. The first-order chi connectivity index (χ1) is 9.81. The summed E-state index contributed by atoms with van der Waals surface area (Å²) in [7, 11) is 0. The minimum atomic E-state index is 0.567. The van der Waals surface area contributed by atoms with E-state index in [2.05, 4.69) is 41.4 Å². The van der Waals surface area contributed by atoms with Crippen molar-refractivity contribution < 1.29 is 4.42 Å². The van der Waals surface area contributed by atoms with Crippen LogP contribution in [0.2, 0.25) is 0 Å². The van der Waals surface area contributed by atoms with Crippen molar-refractivity contribution >= 4 is 11.8 Å². The molecule has 0 aliphatic heterocycles. The average molecular weight is 282 g/mol. The van der Waals surface area contributed by atoms with Crippen molar-refractivity contribution in [3.63, 3.8) is 0 Å². The molecule has 0 spiro atoms. The first kappa shape index (κ1) is 12.9. The normalized spacial score (nSPS) is 10.7. The molecule has 0 N–H and O–H groups in total. The Balaban J connectivity index is 1.69. The molecule has 0 unspecified atom stereocenters. The van der Waals surface area contributed by atoms with Crippen LogP contribution in [-0.4, -0.2) is 10.2 Å². The molecule has 0 saturated heterocycles. The van der Waals surface area contributed by atoms with Crippen LogP contribution in [0.15, 0.2) is 64.2 Å². The summed E-state index contributed by atoms with van der Waals surface area (Å²) in [5.74, 6) is 1.40. The topological polar surface area (TPSA) is 38.9 Å². The number of nitrogens with zero attached hydrogens (tertiary/aromatic N) is 2. The predicted octanol–water partition coefficient (Wildman–Crippen LogP) is 4.34. The standard InChI is InChI=1S/C16H14N2OS/c1-12-6-5-7-13(10-12)11-20-16-18-17-15(19-16)14-8-3-2-4-9-14/h2-10H,11H2,1H3. The first-order valence-corrected chi connectivity index (χ1v) is 7.37. The summed E-state index contributed by atoms with van der Waals surface area (Å²) in [4.78, 5) is 0. The lowest BCUT2D eigenvalue weighted by atomic mass is 10.2. The Hall–Kier alpha value is -2.07. The third-order valence-electron chi connectivity index (χ3n) is 2.87. The summed E-state index contributed by atoms with van der Waals surface area (Å²) in [6.07, 6.45) is 0. The highest BCUT2D eigenvalue weighted by atomic mass is 32.2. The van der Waals surface area contributed by atoms with E-state index in [9.17, 15) is 0 Å². The van der Waals surface area contributed by atoms with E-state index in [0.717, 1.165) is 11.3 Å². The molecule has 0 atom stereocenters. The van der Waals surface area contributed by atoms with Crippen LogP contribution >= 0.6 is 11.8 Å². The zero-order chi connectivity index (χ0) is 13.8. The van der Waals surface area contributed by atoms with Gasteiger partial charge in [0.05, 0.1) is 0 Å². The number of thioether (sulfide) groups is 1. The molecule has 0 fully saturated rings. The van der Waals surface area contributed by atoms with Gasteiger partial charge >= 0.3 is 0 Å². The van der Waals surface area contributed by atoms with Gasteiger partial charge in [-0.15, -0.1) is 10.2 Å². The highest BCUT2D eigenvalue weighted by Crippen LogP contribution is 2.25. The van der Waals surface area contributed by atoms with Gasteiger partial charge in [-0.1, -0.05) is 59.8 Å². The molecule has 1 heterocycles. The molecular formula is C16H14N2OS. The van der Waals surface area contributed by atoms with Gasteiger partial charge in [0.25, 0.3) is 5.22 Å². The van der Waals surface area contributed by atoms with Crippen LogP contribution in [0.4, 0.5) is 0 Å². The Kier molecular flexibility index (Phi) is 3.83. The lowest BCUT2D eigenvalue weighted by molar-refractivity contribution is 0.466. The van der Waals surface area contributed by atoms with E-state index < -0.39 is 0 Å². The van der Waals surface area contributed by atoms with Crippen molar-refractivity contribution in [2.24, 2.45) is 0 Å². The molecule has 0 amide bonds. The van der Waals surface area contributed by atoms with E-state index >= 15 is 0 Å². The van der Waals surface area contributed by atoms with E-state index in [1.807, 2.05) is 30.3 Å². The molecule has 4 heteroatoms. The lowest BCUT2D eigenvalue weighted by Crippen LogP contribution is -1.81. The minimum absolute atomic E-state index is 0.567. The second kappa shape index (κ2) is 5.92. The van der Waals surface area contributed by atoms with Crippen LogP contribution in [0, 0.1) is 6.92 Å². The molecular weight excluding hydrogens is 268 g/mol. The van der Waals surface area contributed by atoms with Gasteiger partial charge in [0.15, 0.2) is 0 Å². The van der Waals surface area contributed by atoms with E-state index in [4.69, 9.17) is 4.42 Å². The fourth-order valence-corrected chi connectivity index (χ4v) is 2.62. The van der Waals surface area contributed by atoms with Crippen molar-refractivity contribution in [3.05, 3.63) is 65.7 Å². The van der Waals surface area contributed by atoms with Crippen molar-refractivity contribution in [2.45, 2.75) is 17.9 Å². The first-order valence-electron chi connectivity index (χ1n) is 6.38. The molecule has 3 aromatic rings. The van der Waals surface area contributed by atoms with Crippen LogP contribution in [0.1, 0.15) is 11.1 Å². The molecule has 3 nitrogen and oxygen atoms in total. The maximum Gasteiger partial charge on any atom is 0.277 e. The molecule has 0 saturated carbocycles. The quantitative estimate of drug-likeness (QED) is 0.667. The summed E-state index contributed by atoms with van der Waals surface area (Å²) >= 11 is 1.56. The smallest absolute Gasteiger partial charge is 0.277 e. The highest BCUT2D eigenvalue weighted by Gasteiger charge is 2.08. The van der Waals surface area contributed by atoms with E-state index in [1.165, 1.54) is 11.1 Å². The van der Waals surface area contributed by atoms with Crippen molar-refractivity contribution in [3.8, 4) is 11.5 Å². The number of aryl methyl sites for hydroxylation is 1. The van der Waals surface area contributed by atoms with Crippen molar-refractivity contribution in [1.29, 1.82) is 0 Å². The third-order valence-corrected chi connectivity index (χ3v) is 3.76. The summed E-state index contributed by atoms with van der Waals surface area (Å²) in [6.45, 7) is 2.09. The van der Waals surface area contributed by atoms with E-state index in [-0.39, 0.29) is 0 Å². The predicted molar refractivity (Wildman–Crippen MR) is 80.5 cm³/mol. The maximum absolute atomic E-state index is 5.66. The van der Waals surface area contributed by atoms with Crippen LogP contribution in [-0.2, 0) is 5.75 Å². The molecule has 100 valence electrons. The maximum atomic E-state index is 5.66. The fourth-order valence-electron chi connectivity index (χ4n) is 1.91. The van der Waals surface area contributed by atoms with E-state index in [1.54, 1.807) is 11.8 Å². The Bertz CT molecular complexity index is 694.